The number of carboxylic acid groups (broad SMARTS) is 1. The highest BCUT2D eigenvalue weighted by Crippen LogP contribution is 2.39. The normalized spacial score (nSPS) is 15.0. The molecule has 262 valence electrons. The minimum Gasteiger partial charge on any atom is -0.480 e. The van der Waals surface area contributed by atoms with Crippen molar-refractivity contribution in [1.29, 1.82) is 0 Å². The van der Waals surface area contributed by atoms with Crippen molar-refractivity contribution in [3.05, 3.63) is 50.2 Å². The van der Waals surface area contributed by atoms with Gasteiger partial charge in [-0.2, -0.15) is 4.68 Å². The highest BCUT2D eigenvalue weighted by Gasteiger charge is 2.41. The van der Waals surface area contributed by atoms with Crippen LogP contribution in [0.15, 0.2) is 33.2 Å². The Morgan fingerprint density at radius 2 is 1.77 bits per heavy atom. The Kier molecular flexibility index (Phi) is 14.3. The smallest absolute Gasteiger partial charge is 0.339 e. The number of nitrogens with zero attached hydrogens (tertiary/aromatic N) is 4. The van der Waals surface area contributed by atoms with E-state index in [0.29, 0.717) is 34.8 Å². The minimum absolute atomic E-state index is 0.0233. The zero-order valence-electron chi connectivity index (χ0n) is 26.8. The number of rotatable bonds is 8. The lowest BCUT2D eigenvalue weighted by atomic mass is 9.93. The summed E-state index contributed by atoms with van der Waals surface area (Å²) in [6.45, 7) is 6.89. The van der Waals surface area contributed by atoms with E-state index < -0.39 is 50.1 Å². The van der Waals surface area contributed by atoms with Crippen LogP contribution >= 0.6 is 31.0 Å². The highest BCUT2D eigenvalue weighted by molar-refractivity contribution is 7.98. The van der Waals surface area contributed by atoms with Crippen molar-refractivity contribution in [3.63, 3.8) is 0 Å². The van der Waals surface area contributed by atoms with E-state index in [1.54, 1.807) is 13.2 Å². The maximum Gasteiger partial charge on any atom is 0.339 e. The molecule has 1 atom stereocenters. The van der Waals surface area contributed by atoms with Gasteiger partial charge in [-0.3, -0.25) is 29.1 Å². The van der Waals surface area contributed by atoms with E-state index in [4.69, 9.17) is 43.5 Å². The van der Waals surface area contributed by atoms with Gasteiger partial charge >= 0.3 is 13.6 Å². The van der Waals surface area contributed by atoms with Crippen molar-refractivity contribution in [2.75, 3.05) is 29.8 Å². The quantitative estimate of drug-likeness (QED) is 0.0866. The van der Waals surface area contributed by atoms with Gasteiger partial charge in [0.05, 0.1) is 23.5 Å². The summed E-state index contributed by atoms with van der Waals surface area (Å²) < 4.78 is 30.9. The lowest BCUT2D eigenvalue weighted by Gasteiger charge is -2.19. The van der Waals surface area contributed by atoms with E-state index >= 15 is 0 Å². The van der Waals surface area contributed by atoms with Crippen LogP contribution in [0.25, 0.3) is 0 Å². The Hall–Kier alpha value is -3.78. The molecule has 19 heteroatoms. The molecule has 2 heterocycles. The van der Waals surface area contributed by atoms with Crippen LogP contribution in [0.2, 0.25) is 5.02 Å². The van der Waals surface area contributed by atoms with E-state index in [0.717, 1.165) is 28.5 Å². The Balaban J connectivity index is 0.000000283. The number of anilines is 1. The molecule has 2 amide bonds. The average Bonchev–Trinajstić information content (AvgIpc) is 3.24. The third-order valence-corrected chi connectivity index (χ3v) is 8.10. The standard InChI is InChI=1S/C18H15ClFNO3.C8H14N4OS.C3H8NO5P/c1-3-10(2)24-16-9-15(14(20)8-13(16)19)21-17(22)11-6-4-5-7-12(11)18(21)23;1-8(2,3)5-6(13)12(9)7(14-4)11-10-5;5-3(6)1-4-2-10(7,8)9/h1,8-10H,4-7H2,2H3;9H2,1-4H3;4H,1-2H2,(H,5,6)(H2,7,8,9). The van der Waals surface area contributed by atoms with Crippen molar-refractivity contribution < 1.29 is 43.0 Å². The zero-order chi connectivity index (χ0) is 36.6. The number of benzene rings is 1. The molecule has 0 bridgehead atoms. The lowest BCUT2D eigenvalue weighted by molar-refractivity contribution is -0.136. The molecule has 0 radical (unpaired) electrons. The van der Waals surface area contributed by atoms with Crippen LogP contribution in [0, 0.1) is 18.2 Å². The molecule has 0 spiro atoms. The van der Waals surface area contributed by atoms with Crippen molar-refractivity contribution in [2.24, 2.45) is 0 Å². The topological polar surface area (TPSA) is 227 Å². The summed E-state index contributed by atoms with van der Waals surface area (Å²) in [5.74, 6) is 5.23. The predicted octanol–water partition coefficient (Wildman–Crippen LogP) is 2.79. The van der Waals surface area contributed by atoms with Crippen LogP contribution in [-0.4, -0.2) is 72.7 Å². The van der Waals surface area contributed by atoms with Gasteiger partial charge in [-0.15, -0.1) is 16.6 Å². The van der Waals surface area contributed by atoms with Gasteiger partial charge < -0.3 is 25.5 Å². The molecule has 1 aliphatic carbocycles. The van der Waals surface area contributed by atoms with E-state index in [9.17, 15) is 28.1 Å². The fourth-order valence-corrected chi connectivity index (χ4v) is 5.27. The number of halogens is 2. The first-order chi connectivity index (χ1) is 22.2. The van der Waals surface area contributed by atoms with Gasteiger partial charge in [0.1, 0.15) is 17.3 Å². The van der Waals surface area contributed by atoms with Crippen LogP contribution in [0.3, 0.4) is 0 Å². The predicted molar refractivity (Wildman–Crippen MR) is 178 cm³/mol. The van der Waals surface area contributed by atoms with Crippen LogP contribution in [0.1, 0.15) is 59.1 Å². The first kappa shape index (κ1) is 40.4. The van der Waals surface area contributed by atoms with Gasteiger partial charge in [0.2, 0.25) is 5.16 Å². The second-order valence-electron chi connectivity index (χ2n) is 11.4. The molecule has 48 heavy (non-hydrogen) atoms. The first-order valence-corrected chi connectivity index (χ1v) is 17.6. The molecule has 15 nitrogen and oxygen atoms in total. The summed E-state index contributed by atoms with van der Waals surface area (Å²) >= 11 is 7.26. The number of carbonyl (C=O) groups excluding carboxylic acids is 2. The van der Waals surface area contributed by atoms with Gasteiger partial charge in [-0.25, -0.2) is 9.29 Å². The Morgan fingerprint density at radius 3 is 2.23 bits per heavy atom. The van der Waals surface area contributed by atoms with Gasteiger partial charge in [0.25, 0.3) is 17.4 Å². The number of terminal acetylenes is 1. The third-order valence-electron chi connectivity index (χ3n) is 6.52. The second-order valence-corrected chi connectivity index (χ2v) is 14.2. The first-order valence-electron chi connectivity index (χ1n) is 14.2. The van der Waals surface area contributed by atoms with E-state index in [1.807, 2.05) is 20.8 Å². The number of ether oxygens (including phenoxy) is 1. The summed E-state index contributed by atoms with van der Waals surface area (Å²) in [4.78, 5) is 63.8. The number of amides is 2. The molecule has 1 unspecified atom stereocenters. The van der Waals surface area contributed by atoms with Crippen LogP contribution in [0.5, 0.6) is 5.75 Å². The van der Waals surface area contributed by atoms with Crippen LogP contribution in [0.4, 0.5) is 10.1 Å². The molecule has 0 saturated carbocycles. The summed E-state index contributed by atoms with van der Waals surface area (Å²) in [6.07, 6.45) is 8.67. The number of nitrogen functional groups attached to an aromatic ring is 1. The number of aliphatic carboxylic acids is 1. The summed E-state index contributed by atoms with van der Waals surface area (Å²) in [5.41, 5.74) is 0.583. The second kappa shape index (κ2) is 17.0. The van der Waals surface area contributed by atoms with Gasteiger partial charge in [0.15, 0.2) is 6.10 Å². The summed E-state index contributed by atoms with van der Waals surface area (Å²) in [7, 11) is -4.10. The molecular weight excluding hydrogens is 694 g/mol. The number of thioether (sulfide) groups is 1. The number of hydrogen-bond acceptors (Lipinski definition) is 11. The Labute approximate surface area is 285 Å². The van der Waals surface area contributed by atoms with Crippen molar-refractivity contribution in [3.8, 4) is 18.1 Å². The minimum atomic E-state index is -4.10. The molecule has 1 aromatic carbocycles. The molecule has 2 aromatic rings. The molecule has 4 rings (SSSR count). The monoisotopic (exact) mass is 730 g/mol. The molecular formula is C29H37ClFN6O9PS. The molecule has 1 aliphatic heterocycles. The highest BCUT2D eigenvalue weighted by atomic mass is 35.5. The Morgan fingerprint density at radius 1 is 1.21 bits per heavy atom. The maximum atomic E-state index is 14.4. The van der Waals surface area contributed by atoms with Crippen LogP contribution in [-0.2, 0) is 24.4 Å². The fraction of sp³-hybridized carbons (Fsp3) is 0.448. The average molecular weight is 731 g/mol. The molecule has 1 aromatic heterocycles. The van der Waals surface area contributed by atoms with Gasteiger partial charge in [-0.1, -0.05) is 50.1 Å². The fourth-order valence-electron chi connectivity index (χ4n) is 4.27. The largest absolute Gasteiger partial charge is 0.480 e. The number of aromatic nitrogens is 3. The lowest BCUT2D eigenvalue weighted by Crippen LogP contribution is -2.37. The van der Waals surface area contributed by atoms with Crippen molar-refractivity contribution >= 4 is 54.4 Å². The number of carboxylic acids is 1. The number of nitrogens with one attached hydrogen (secondary N) is 1. The van der Waals surface area contributed by atoms with Crippen molar-refractivity contribution in [1.82, 2.24) is 20.2 Å². The molecule has 6 N–H and O–H groups in total. The number of nitrogens with two attached hydrogens (primary N) is 1. The van der Waals surface area contributed by atoms with Gasteiger partial charge in [0, 0.05) is 22.6 Å². The molecule has 0 saturated heterocycles. The van der Waals surface area contributed by atoms with Crippen LogP contribution < -0.4 is 26.4 Å². The Bertz CT molecular complexity index is 1710. The third kappa shape index (κ3) is 10.9. The molecule has 0 fully saturated rings. The maximum absolute atomic E-state index is 14.4. The number of imide groups is 1. The summed E-state index contributed by atoms with van der Waals surface area (Å²) in [5, 5.41) is 18.3. The van der Waals surface area contributed by atoms with E-state index in [1.165, 1.54) is 17.8 Å². The molecule has 2 aliphatic rings. The van der Waals surface area contributed by atoms with E-state index in [2.05, 4.69) is 21.4 Å². The van der Waals surface area contributed by atoms with E-state index in [-0.39, 0.29) is 27.4 Å². The van der Waals surface area contributed by atoms with Crippen molar-refractivity contribution in [2.45, 2.75) is 70.1 Å². The summed E-state index contributed by atoms with van der Waals surface area (Å²) in [6, 6.07) is 2.27. The number of carbonyl (C=O) groups is 3. The number of hydrogen-bond donors (Lipinski definition) is 5. The van der Waals surface area contributed by atoms with Gasteiger partial charge in [-0.05, 0) is 44.9 Å². The SMILES string of the molecule is C#CC(C)Oc1cc(N2C(=O)C3=C(CCCC3)C2=O)c(F)cc1Cl.CSc1nnc(C(C)(C)C)c(=O)n1N.O=C(O)CNCP(=O)(O)O. The zero-order valence-corrected chi connectivity index (χ0v) is 29.3.